The number of nitrogens with zero attached hydrogens (tertiary/aromatic N) is 1. The van der Waals surface area contributed by atoms with Gasteiger partial charge in [-0.25, -0.2) is 0 Å². The van der Waals surface area contributed by atoms with Gasteiger partial charge in [-0.05, 0) is 33.2 Å². The van der Waals surface area contributed by atoms with Crippen molar-refractivity contribution in [2.75, 3.05) is 13.6 Å². The quantitative estimate of drug-likeness (QED) is 0.652. The van der Waals surface area contributed by atoms with Crippen LogP contribution >= 0.6 is 0 Å². The van der Waals surface area contributed by atoms with Crippen LogP contribution in [0.25, 0.3) is 0 Å². The van der Waals surface area contributed by atoms with Gasteiger partial charge in [-0.15, -0.1) is 0 Å². The maximum atomic E-state index is 11.2. The van der Waals surface area contributed by atoms with Gasteiger partial charge in [-0.1, -0.05) is 0 Å². The van der Waals surface area contributed by atoms with Crippen LogP contribution in [-0.4, -0.2) is 42.0 Å². The normalized spacial score (nSPS) is 35.9. The predicted molar refractivity (Wildman–Crippen MR) is 54.8 cm³/mol. The predicted octanol–water partition coefficient (Wildman–Crippen LogP) is -0.313. The van der Waals surface area contributed by atoms with Crippen molar-refractivity contribution in [1.29, 1.82) is 0 Å². The minimum Gasteiger partial charge on any atom is -0.368 e. The highest BCUT2D eigenvalue weighted by Crippen LogP contribution is 2.36. The number of hydrogen-bond donors (Lipinski definition) is 2. The molecule has 2 rings (SSSR count). The molecule has 1 saturated heterocycles. The Labute approximate surface area is 84.8 Å². The minimum absolute atomic E-state index is 0.181. The van der Waals surface area contributed by atoms with Crippen molar-refractivity contribution in [3.8, 4) is 0 Å². The summed E-state index contributed by atoms with van der Waals surface area (Å²) in [7, 11) is 2.12. The van der Waals surface area contributed by atoms with Crippen molar-refractivity contribution in [3.63, 3.8) is 0 Å². The third-order valence-corrected chi connectivity index (χ3v) is 3.59. The van der Waals surface area contributed by atoms with Crippen LogP contribution in [0, 0.1) is 0 Å². The first-order valence-electron chi connectivity index (χ1n) is 5.31. The lowest BCUT2D eigenvalue weighted by Crippen LogP contribution is -2.49. The minimum atomic E-state index is -0.352. The average Bonchev–Trinajstić information content (AvgIpc) is 2.78. The SMILES string of the molecule is CC1CC(NC2(C(N)=O)CC2)CN1C. The van der Waals surface area contributed by atoms with Crippen LogP contribution in [-0.2, 0) is 4.79 Å². The van der Waals surface area contributed by atoms with E-state index in [-0.39, 0.29) is 11.4 Å². The number of rotatable bonds is 3. The van der Waals surface area contributed by atoms with E-state index in [1.54, 1.807) is 0 Å². The summed E-state index contributed by atoms with van der Waals surface area (Å²) in [6, 6.07) is 1.04. The van der Waals surface area contributed by atoms with Gasteiger partial charge in [0, 0.05) is 18.6 Å². The molecule has 1 aliphatic carbocycles. The van der Waals surface area contributed by atoms with Crippen LogP contribution in [0.2, 0.25) is 0 Å². The molecule has 1 heterocycles. The third-order valence-electron chi connectivity index (χ3n) is 3.59. The lowest BCUT2D eigenvalue weighted by Gasteiger charge is -2.19. The monoisotopic (exact) mass is 197 g/mol. The molecular weight excluding hydrogens is 178 g/mol. The molecule has 4 heteroatoms. The fraction of sp³-hybridized carbons (Fsp3) is 0.900. The molecule has 2 atom stereocenters. The molecule has 0 aromatic heterocycles. The molecule has 0 radical (unpaired) electrons. The van der Waals surface area contributed by atoms with Crippen LogP contribution in [0.15, 0.2) is 0 Å². The Bertz CT molecular complexity index is 240. The van der Waals surface area contributed by atoms with Crippen molar-refractivity contribution >= 4 is 5.91 Å². The zero-order valence-corrected chi connectivity index (χ0v) is 8.92. The number of nitrogens with two attached hydrogens (primary N) is 1. The second-order valence-corrected chi connectivity index (χ2v) is 4.81. The van der Waals surface area contributed by atoms with Crippen molar-refractivity contribution in [2.45, 2.75) is 43.8 Å². The number of nitrogens with one attached hydrogen (secondary N) is 1. The summed E-state index contributed by atoms with van der Waals surface area (Å²) in [5.41, 5.74) is 5.01. The number of amides is 1. The first kappa shape index (κ1) is 9.93. The molecule has 1 amide bonds. The summed E-state index contributed by atoms with van der Waals surface area (Å²) < 4.78 is 0. The molecule has 2 fully saturated rings. The van der Waals surface area contributed by atoms with Crippen molar-refractivity contribution in [2.24, 2.45) is 5.73 Å². The lowest BCUT2D eigenvalue weighted by molar-refractivity contribution is -0.121. The molecule has 14 heavy (non-hydrogen) atoms. The highest BCUT2D eigenvalue weighted by atomic mass is 16.1. The Kier molecular flexibility index (Phi) is 2.27. The smallest absolute Gasteiger partial charge is 0.237 e. The van der Waals surface area contributed by atoms with Gasteiger partial charge < -0.3 is 10.6 Å². The van der Waals surface area contributed by atoms with Gasteiger partial charge in [-0.3, -0.25) is 10.1 Å². The molecule has 0 bridgehead atoms. The number of likely N-dealkylation sites (N-methyl/N-ethyl adjacent to an activating group) is 1. The molecule has 3 N–H and O–H groups in total. The van der Waals surface area contributed by atoms with Crippen molar-refractivity contribution in [3.05, 3.63) is 0 Å². The number of hydrogen-bond acceptors (Lipinski definition) is 3. The van der Waals surface area contributed by atoms with E-state index in [2.05, 4.69) is 24.2 Å². The van der Waals surface area contributed by atoms with Gasteiger partial charge in [0.05, 0.1) is 5.54 Å². The van der Waals surface area contributed by atoms with E-state index in [9.17, 15) is 4.79 Å². The highest BCUT2D eigenvalue weighted by molar-refractivity contribution is 5.87. The molecular formula is C10H19N3O. The number of carbonyl (C=O) groups excluding carboxylic acids is 1. The largest absolute Gasteiger partial charge is 0.368 e. The Balaban J connectivity index is 1.90. The van der Waals surface area contributed by atoms with Gasteiger partial charge in [-0.2, -0.15) is 0 Å². The van der Waals surface area contributed by atoms with Crippen molar-refractivity contribution in [1.82, 2.24) is 10.2 Å². The van der Waals surface area contributed by atoms with Gasteiger partial charge in [0.2, 0.25) is 5.91 Å². The fourth-order valence-corrected chi connectivity index (χ4v) is 2.28. The van der Waals surface area contributed by atoms with Crippen LogP contribution < -0.4 is 11.1 Å². The zero-order chi connectivity index (χ0) is 10.3. The fourth-order valence-electron chi connectivity index (χ4n) is 2.28. The number of carbonyl (C=O) groups is 1. The van der Waals surface area contributed by atoms with E-state index in [0.717, 1.165) is 25.8 Å². The molecule has 80 valence electrons. The van der Waals surface area contributed by atoms with E-state index < -0.39 is 0 Å². The Morgan fingerprint density at radius 2 is 2.21 bits per heavy atom. The maximum Gasteiger partial charge on any atom is 0.237 e. The summed E-state index contributed by atoms with van der Waals surface area (Å²) in [6.07, 6.45) is 2.94. The van der Waals surface area contributed by atoms with E-state index in [4.69, 9.17) is 5.73 Å². The summed E-state index contributed by atoms with van der Waals surface area (Å²) in [6.45, 7) is 3.24. The molecule has 2 unspecified atom stereocenters. The molecule has 0 spiro atoms. The first-order chi connectivity index (χ1) is 6.53. The zero-order valence-electron chi connectivity index (χ0n) is 8.92. The van der Waals surface area contributed by atoms with E-state index in [1.165, 1.54) is 0 Å². The second kappa shape index (κ2) is 3.21. The number of likely N-dealkylation sites (tertiary alicyclic amines) is 1. The Morgan fingerprint density at radius 3 is 2.57 bits per heavy atom. The molecule has 0 aromatic carbocycles. The summed E-state index contributed by atoms with van der Waals surface area (Å²) >= 11 is 0. The standard InChI is InChI=1S/C10H19N3O/c1-7-5-8(6-13(7)2)12-10(3-4-10)9(11)14/h7-8,12H,3-6H2,1-2H3,(H2,11,14). The summed E-state index contributed by atoms with van der Waals surface area (Å²) in [5, 5.41) is 3.41. The molecule has 0 aromatic rings. The third kappa shape index (κ3) is 1.64. The van der Waals surface area contributed by atoms with Gasteiger partial charge in [0.1, 0.15) is 0 Å². The second-order valence-electron chi connectivity index (χ2n) is 4.81. The Hall–Kier alpha value is -0.610. The molecule has 1 aliphatic heterocycles. The van der Waals surface area contributed by atoms with Gasteiger partial charge in [0.15, 0.2) is 0 Å². The van der Waals surface area contributed by atoms with Crippen LogP contribution in [0.4, 0.5) is 0 Å². The molecule has 1 saturated carbocycles. The summed E-state index contributed by atoms with van der Waals surface area (Å²) in [4.78, 5) is 13.5. The summed E-state index contributed by atoms with van der Waals surface area (Å²) in [5.74, 6) is -0.181. The number of primary amides is 1. The highest BCUT2D eigenvalue weighted by Gasteiger charge is 2.50. The van der Waals surface area contributed by atoms with Crippen molar-refractivity contribution < 1.29 is 4.79 Å². The molecule has 4 nitrogen and oxygen atoms in total. The van der Waals surface area contributed by atoms with Crippen LogP contribution in [0.3, 0.4) is 0 Å². The Morgan fingerprint density at radius 1 is 1.57 bits per heavy atom. The van der Waals surface area contributed by atoms with Gasteiger partial charge >= 0.3 is 0 Å². The van der Waals surface area contributed by atoms with Gasteiger partial charge in [0.25, 0.3) is 0 Å². The molecule has 2 aliphatic rings. The van der Waals surface area contributed by atoms with Crippen LogP contribution in [0.1, 0.15) is 26.2 Å². The lowest BCUT2D eigenvalue weighted by atomic mass is 10.1. The average molecular weight is 197 g/mol. The topological polar surface area (TPSA) is 58.4 Å². The van der Waals surface area contributed by atoms with E-state index in [1.807, 2.05) is 0 Å². The van der Waals surface area contributed by atoms with Crippen LogP contribution in [0.5, 0.6) is 0 Å². The van der Waals surface area contributed by atoms with E-state index >= 15 is 0 Å². The maximum absolute atomic E-state index is 11.2. The van der Waals surface area contributed by atoms with E-state index in [0.29, 0.717) is 12.1 Å². The first-order valence-corrected chi connectivity index (χ1v) is 5.31.